The number of halogens is 1. The number of hydrogen-bond donors (Lipinski definition) is 0. The highest BCUT2D eigenvalue weighted by Gasteiger charge is 2.33. The molecule has 3 rings (SSSR count). The summed E-state index contributed by atoms with van der Waals surface area (Å²) in [4.78, 5) is 5.30. The van der Waals surface area contributed by atoms with Crippen LogP contribution in [0.3, 0.4) is 0 Å². The Balaban J connectivity index is 0.00000133. The minimum absolute atomic E-state index is 0. The first kappa shape index (κ1) is 15.6. The van der Waals surface area contributed by atoms with Gasteiger partial charge < -0.3 is 9.64 Å². The van der Waals surface area contributed by atoms with Crippen LogP contribution in [0.4, 0.5) is 0 Å². The quantitative estimate of drug-likeness (QED) is 0.789. The predicted molar refractivity (Wildman–Crippen MR) is 81.0 cm³/mol. The van der Waals surface area contributed by atoms with Gasteiger partial charge in [-0.15, -0.1) is 12.4 Å². The number of hydrogen-bond acceptors (Lipinski definition) is 3. The second-order valence-electron chi connectivity index (χ2n) is 6.37. The first-order valence-electron chi connectivity index (χ1n) is 7.94. The van der Waals surface area contributed by atoms with Crippen LogP contribution < -0.4 is 0 Å². The topological polar surface area (TPSA) is 15.7 Å². The van der Waals surface area contributed by atoms with E-state index in [1.165, 1.54) is 58.3 Å². The van der Waals surface area contributed by atoms with E-state index in [4.69, 9.17) is 4.74 Å². The van der Waals surface area contributed by atoms with Crippen molar-refractivity contribution in [2.75, 3.05) is 52.5 Å². The van der Waals surface area contributed by atoms with E-state index in [9.17, 15) is 0 Å². The van der Waals surface area contributed by atoms with E-state index in [1.54, 1.807) is 0 Å². The molecule has 2 aliphatic heterocycles. The molecule has 3 fully saturated rings. The second kappa shape index (κ2) is 7.82. The van der Waals surface area contributed by atoms with Crippen molar-refractivity contribution in [1.82, 2.24) is 9.80 Å². The van der Waals surface area contributed by atoms with E-state index < -0.39 is 0 Å². The van der Waals surface area contributed by atoms with Crippen LogP contribution in [0.2, 0.25) is 0 Å². The largest absolute Gasteiger partial charge is 0.379 e. The minimum Gasteiger partial charge on any atom is -0.379 e. The molecular weight excluding hydrogens is 260 g/mol. The zero-order chi connectivity index (χ0) is 12.2. The Labute approximate surface area is 124 Å². The Morgan fingerprint density at radius 3 is 2.05 bits per heavy atom. The summed E-state index contributed by atoms with van der Waals surface area (Å²) in [5.74, 6) is 2.09. The summed E-state index contributed by atoms with van der Waals surface area (Å²) in [5, 5.41) is 0. The highest BCUT2D eigenvalue weighted by Crippen LogP contribution is 2.35. The van der Waals surface area contributed by atoms with Gasteiger partial charge in [0, 0.05) is 26.2 Å². The van der Waals surface area contributed by atoms with Gasteiger partial charge in [0.2, 0.25) is 0 Å². The molecule has 3 aliphatic rings. The summed E-state index contributed by atoms with van der Waals surface area (Å²) in [7, 11) is 0. The number of fused-ring (bicyclic) bond motifs is 1. The van der Waals surface area contributed by atoms with Gasteiger partial charge in [-0.2, -0.15) is 0 Å². The molecule has 0 radical (unpaired) electrons. The summed E-state index contributed by atoms with van der Waals surface area (Å²) >= 11 is 0. The molecule has 4 heteroatoms. The molecule has 2 saturated heterocycles. The Morgan fingerprint density at radius 2 is 1.42 bits per heavy atom. The second-order valence-corrected chi connectivity index (χ2v) is 6.37. The Morgan fingerprint density at radius 1 is 0.842 bits per heavy atom. The molecule has 0 amide bonds. The fraction of sp³-hybridized carbons (Fsp3) is 1.00. The van der Waals surface area contributed by atoms with Crippen LogP contribution in [-0.2, 0) is 4.74 Å². The number of nitrogens with zero attached hydrogens (tertiary/aromatic N) is 2. The molecule has 2 unspecified atom stereocenters. The third-order valence-corrected chi connectivity index (χ3v) is 5.10. The molecule has 1 aliphatic carbocycles. The lowest BCUT2D eigenvalue weighted by molar-refractivity contribution is 0.0363. The molecule has 0 N–H and O–H groups in total. The van der Waals surface area contributed by atoms with Crippen LogP contribution in [0.15, 0.2) is 0 Å². The number of likely N-dealkylation sites (tertiary alicyclic amines) is 1. The van der Waals surface area contributed by atoms with Gasteiger partial charge in [0.05, 0.1) is 13.2 Å². The number of morpholine rings is 1. The van der Waals surface area contributed by atoms with Crippen molar-refractivity contribution in [2.45, 2.75) is 32.1 Å². The smallest absolute Gasteiger partial charge is 0.0594 e. The summed E-state index contributed by atoms with van der Waals surface area (Å²) in [6, 6.07) is 0. The van der Waals surface area contributed by atoms with Crippen LogP contribution in [0.1, 0.15) is 32.1 Å². The highest BCUT2D eigenvalue weighted by atomic mass is 35.5. The van der Waals surface area contributed by atoms with Gasteiger partial charge in [0.15, 0.2) is 0 Å². The first-order chi connectivity index (χ1) is 8.92. The zero-order valence-corrected chi connectivity index (χ0v) is 12.9. The lowest BCUT2D eigenvalue weighted by atomic mass is 9.82. The van der Waals surface area contributed by atoms with Crippen molar-refractivity contribution in [3.8, 4) is 0 Å². The van der Waals surface area contributed by atoms with Crippen LogP contribution in [-0.4, -0.2) is 62.3 Å². The molecule has 3 nitrogen and oxygen atoms in total. The van der Waals surface area contributed by atoms with E-state index in [0.29, 0.717) is 0 Å². The lowest BCUT2D eigenvalue weighted by Crippen LogP contribution is -2.38. The van der Waals surface area contributed by atoms with Crippen molar-refractivity contribution in [1.29, 1.82) is 0 Å². The zero-order valence-electron chi connectivity index (χ0n) is 12.1. The Hall–Kier alpha value is 0.170. The van der Waals surface area contributed by atoms with E-state index in [-0.39, 0.29) is 12.4 Å². The summed E-state index contributed by atoms with van der Waals surface area (Å²) in [5.41, 5.74) is 0. The van der Waals surface area contributed by atoms with Gasteiger partial charge in [0.1, 0.15) is 0 Å². The van der Waals surface area contributed by atoms with Crippen LogP contribution >= 0.6 is 12.4 Å². The molecule has 1 saturated carbocycles. The molecule has 0 aromatic rings. The van der Waals surface area contributed by atoms with Crippen molar-refractivity contribution >= 4 is 12.4 Å². The normalized spacial score (nSPS) is 32.8. The average molecular weight is 289 g/mol. The van der Waals surface area contributed by atoms with Crippen LogP contribution in [0, 0.1) is 11.8 Å². The molecular formula is C15H29ClN2O. The van der Waals surface area contributed by atoms with E-state index in [2.05, 4.69) is 9.80 Å². The lowest BCUT2D eigenvalue weighted by Gasteiger charge is -2.27. The predicted octanol–water partition coefficient (Wildman–Crippen LogP) is 2.25. The molecule has 112 valence electrons. The maximum Gasteiger partial charge on any atom is 0.0594 e. The Kier molecular flexibility index (Phi) is 6.40. The third-order valence-electron chi connectivity index (χ3n) is 5.10. The monoisotopic (exact) mass is 288 g/mol. The maximum atomic E-state index is 5.39. The van der Waals surface area contributed by atoms with Gasteiger partial charge in [-0.3, -0.25) is 4.90 Å². The summed E-state index contributed by atoms with van der Waals surface area (Å²) < 4.78 is 5.39. The van der Waals surface area contributed by atoms with Crippen LogP contribution in [0.5, 0.6) is 0 Å². The maximum absolute atomic E-state index is 5.39. The van der Waals surface area contributed by atoms with E-state index in [0.717, 1.165) is 38.1 Å². The molecule has 2 heterocycles. The van der Waals surface area contributed by atoms with E-state index in [1.807, 2.05) is 0 Å². The van der Waals surface area contributed by atoms with Gasteiger partial charge >= 0.3 is 0 Å². The van der Waals surface area contributed by atoms with Gasteiger partial charge in [0.25, 0.3) is 0 Å². The van der Waals surface area contributed by atoms with Gasteiger partial charge in [-0.1, -0.05) is 12.8 Å². The average Bonchev–Trinajstić information content (AvgIpc) is 2.82. The fourth-order valence-corrected chi connectivity index (χ4v) is 4.03. The summed E-state index contributed by atoms with van der Waals surface area (Å²) in [6.07, 6.45) is 7.33. The first-order valence-corrected chi connectivity index (χ1v) is 7.94. The van der Waals surface area contributed by atoms with Crippen molar-refractivity contribution in [2.24, 2.45) is 11.8 Å². The summed E-state index contributed by atoms with van der Waals surface area (Å²) in [6.45, 7) is 9.55. The standard InChI is InChI=1S/C15H28N2O.ClH/c1-2-5-15-13-17(12-14(15)4-1)7-3-6-16-8-10-18-11-9-16;/h14-15H,1-13H2;1H. The molecule has 19 heavy (non-hydrogen) atoms. The van der Waals surface area contributed by atoms with Crippen molar-refractivity contribution in [3.05, 3.63) is 0 Å². The van der Waals surface area contributed by atoms with Crippen molar-refractivity contribution < 1.29 is 4.74 Å². The highest BCUT2D eigenvalue weighted by molar-refractivity contribution is 5.85. The fourth-order valence-electron chi connectivity index (χ4n) is 4.03. The SMILES string of the molecule is C1CCC2CN(CCCN3CCOCC3)CC2C1.Cl. The van der Waals surface area contributed by atoms with E-state index >= 15 is 0 Å². The molecule has 0 bridgehead atoms. The number of rotatable bonds is 4. The molecule has 0 spiro atoms. The van der Waals surface area contributed by atoms with Crippen molar-refractivity contribution in [3.63, 3.8) is 0 Å². The molecule has 2 atom stereocenters. The minimum atomic E-state index is 0. The third kappa shape index (κ3) is 4.32. The molecule has 0 aromatic heterocycles. The number of ether oxygens (including phenoxy) is 1. The van der Waals surface area contributed by atoms with Gasteiger partial charge in [-0.05, 0) is 44.2 Å². The van der Waals surface area contributed by atoms with Gasteiger partial charge in [-0.25, -0.2) is 0 Å². The van der Waals surface area contributed by atoms with Crippen LogP contribution in [0.25, 0.3) is 0 Å². The molecule has 0 aromatic carbocycles. The Bertz CT molecular complexity index is 245.